The molecule has 0 spiro atoms. The zero-order valence-electron chi connectivity index (χ0n) is 22.7. The molecule has 8 nitrogen and oxygen atoms in total. The highest BCUT2D eigenvalue weighted by Crippen LogP contribution is 2.21. The van der Waals surface area contributed by atoms with Crippen molar-refractivity contribution in [2.24, 2.45) is 0 Å². The minimum absolute atomic E-state index is 0. The van der Waals surface area contributed by atoms with E-state index in [0.717, 1.165) is 18.5 Å². The van der Waals surface area contributed by atoms with Crippen LogP contribution in [0.1, 0.15) is 35.1 Å². The molecule has 0 aromatic carbocycles. The van der Waals surface area contributed by atoms with Crippen LogP contribution in [-0.2, 0) is 35.4 Å². The first kappa shape index (κ1) is 46.6. The van der Waals surface area contributed by atoms with Gasteiger partial charge < -0.3 is 35.4 Å². The van der Waals surface area contributed by atoms with E-state index in [1.54, 1.807) is 62.6 Å². The first-order chi connectivity index (χ1) is 14.4. The van der Waals surface area contributed by atoms with E-state index in [2.05, 4.69) is 19.7 Å². The molecule has 33 heavy (non-hydrogen) atoms. The summed E-state index contributed by atoms with van der Waals surface area (Å²) < 4.78 is 41.4. The molecule has 0 unspecified atom stereocenters. The lowest BCUT2D eigenvalue weighted by atomic mass is 10.6. The molecule has 12 heteroatoms. The highest BCUT2D eigenvalue weighted by atomic mass is 28.4. The molecular formula is C21H60O8Si4. The monoisotopic (exact) mass is 552 g/mol. The molecule has 0 amide bonds. The van der Waals surface area contributed by atoms with Crippen molar-refractivity contribution >= 4 is 35.0 Å². The quantitative estimate of drug-likeness (QED) is 0.273. The Kier molecular flexibility index (Phi) is 40.3. The van der Waals surface area contributed by atoms with Crippen LogP contribution < -0.4 is 0 Å². The molecule has 0 saturated carbocycles. The van der Waals surface area contributed by atoms with Crippen molar-refractivity contribution in [2.75, 3.05) is 56.9 Å². The van der Waals surface area contributed by atoms with Crippen molar-refractivity contribution < 1.29 is 35.4 Å². The van der Waals surface area contributed by atoms with Gasteiger partial charge in [-0.3, -0.25) is 0 Å². The zero-order valence-corrected chi connectivity index (χ0v) is 26.9. The van der Waals surface area contributed by atoms with Gasteiger partial charge in [0.05, 0.1) is 0 Å². The lowest BCUT2D eigenvalue weighted by Gasteiger charge is -2.26. The maximum absolute atomic E-state index is 5.42. The first-order valence-corrected chi connectivity index (χ1v) is 20.0. The van der Waals surface area contributed by atoms with Gasteiger partial charge in [-0.15, -0.1) is 6.58 Å². The van der Waals surface area contributed by atoms with E-state index < -0.39 is 35.0 Å². The summed E-state index contributed by atoms with van der Waals surface area (Å²) in [5.74, 6) is 0. The smallest absolute Gasteiger partial charge is 0.360 e. The Hall–Kier alpha value is 0.288. The zero-order chi connectivity index (χ0) is 25.6. The Morgan fingerprint density at radius 3 is 1.00 bits per heavy atom. The Morgan fingerprint density at radius 1 is 0.636 bits per heavy atom. The largest absolute Gasteiger partial charge is 0.400 e. The summed E-state index contributed by atoms with van der Waals surface area (Å²) in [6.07, 6.45) is 1.04. The molecular weight excluding hydrogens is 493 g/mol. The maximum atomic E-state index is 5.42. The van der Waals surface area contributed by atoms with Crippen molar-refractivity contribution in [3.63, 3.8) is 0 Å². The standard InChI is InChI=1S/C9H24O4Si2.C5H12O2Si.C3H10O2Si.C2H6.2CH4/c1-10-14(5,11-2)8-7-9-15(6,12-3)13-4;1-5-8(4,6-2)7-3;1-4-6(3)5-2;1-2;;/h7-9H2,1-6H3;5H,1H2,2-4H3;6H,1-3H3;1-2H3;2*1H4. The van der Waals surface area contributed by atoms with Crippen molar-refractivity contribution in [1.29, 1.82) is 0 Å². The van der Waals surface area contributed by atoms with Crippen molar-refractivity contribution in [3.8, 4) is 0 Å². The molecule has 0 rings (SSSR count). The molecule has 0 fully saturated rings. The third-order valence-corrected chi connectivity index (χ3v) is 14.5. The SMILES string of the molecule is C.C.C=C[Si](C)(OC)OC.CC.CO[SiH](C)OC.CO[Si](C)(CCC[Si](C)(OC)OC)OC. The second-order valence-electron chi connectivity index (χ2n) is 6.61. The molecule has 208 valence electrons. The summed E-state index contributed by atoms with van der Waals surface area (Å²) in [7, 11) is 6.60. The van der Waals surface area contributed by atoms with Crippen LogP contribution in [0.15, 0.2) is 12.3 Å². The van der Waals surface area contributed by atoms with E-state index in [9.17, 15) is 0 Å². The highest BCUT2D eigenvalue weighted by molar-refractivity contribution is 6.71. The summed E-state index contributed by atoms with van der Waals surface area (Å²) in [4.78, 5) is 0. The molecule has 0 aliphatic heterocycles. The van der Waals surface area contributed by atoms with Crippen LogP contribution in [0, 0.1) is 0 Å². The Morgan fingerprint density at radius 2 is 0.909 bits per heavy atom. The van der Waals surface area contributed by atoms with Crippen molar-refractivity contribution in [3.05, 3.63) is 12.3 Å². The van der Waals surface area contributed by atoms with Crippen LogP contribution >= 0.6 is 0 Å². The van der Waals surface area contributed by atoms with Gasteiger partial charge in [0.2, 0.25) is 0 Å². The van der Waals surface area contributed by atoms with E-state index >= 15 is 0 Å². The van der Waals surface area contributed by atoms with Gasteiger partial charge in [0.25, 0.3) is 0 Å². The van der Waals surface area contributed by atoms with Crippen LogP contribution in [0.5, 0.6) is 0 Å². The summed E-state index contributed by atoms with van der Waals surface area (Å²) in [6.45, 7) is 15.6. The molecule has 0 aromatic heterocycles. The van der Waals surface area contributed by atoms with Gasteiger partial charge in [-0.05, 0) is 50.4 Å². The fraction of sp³-hybridized carbons (Fsp3) is 0.905. The van der Waals surface area contributed by atoms with E-state index in [4.69, 9.17) is 35.4 Å². The molecule has 0 atom stereocenters. The molecule has 0 N–H and O–H groups in total. The van der Waals surface area contributed by atoms with Crippen LogP contribution in [-0.4, -0.2) is 91.8 Å². The second kappa shape index (κ2) is 28.5. The average molecular weight is 553 g/mol. The van der Waals surface area contributed by atoms with Gasteiger partial charge >= 0.3 is 35.0 Å². The predicted molar refractivity (Wildman–Crippen MR) is 153 cm³/mol. The third-order valence-electron chi connectivity index (χ3n) is 4.83. The molecule has 0 aliphatic rings. The van der Waals surface area contributed by atoms with Crippen molar-refractivity contribution in [2.45, 2.75) is 73.4 Å². The molecule has 0 heterocycles. The Balaban J connectivity index is -0.0000000861. The Bertz CT molecular complexity index is 359. The fourth-order valence-electron chi connectivity index (χ4n) is 1.65. The van der Waals surface area contributed by atoms with Crippen molar-refractivity contribution in [1.82, 2.24) is 0 Å². The van der Waals surface area contributed by atoms with E-state index in [-0.39, 0.29) is 14.9 Å². The van der Waals surface area contributed by atoms with Gasteiger partial charge in [-0.1, -0.05) is 28.7 Å². The topological polar surface area (TPSA) is 73.8 Å². The van der Waals surface area contributed by atoms with Crippen LogP contribution in [0.2, 0.25) is 38.3 Å². The summed E-state index contributed by atoms with van der Waals surface area (Å²) in [5, 5.41) is 0. The molecule has 0 aliphatic carbocycles. The lowest BCUT2D eigenvalue weighted by molar-refractivity contribution is 0.241. The number of hydrogen-bond donors (Lipinski definition) is 0. The van der Waals surface area contributed by atoms with E-state index in [0.29, 0.717) is 0 Å². The summed E-state index contributed by atoms with van der Waals surface area (Å²) >= 11 is 0. The predicted octanol–water partition coefficient (Wildman–Crippen LogP) is 5.61. The first-order valence-electron chi connectivity index (χ1n) is 10.4. The lowest BCUT2D eigenvalue weighted by Crippen LogP contribution is -2.39. The fourth-order valence-corrected chi connectivity index (χ4v) is 5.49. The molecule has 0 saturated heterocycles. The van der Waals surface area contributed by atoms with Crippen LogP contribution in [0.25, 0.3) is 0 Å². The van der Waals surface area contributed by atoms with Gasteiger partial charge in [0.15, 0.2) is 0 Å². The molecule has 0 aromatic rings. The van der Waals surface area contributed by atoms with Crippen LogP contribution in [0.4, 0.5) is 0 Å². The molecule has 0 radical (unpaired) electrons. The number of hydrogen-bond acceptors (Lipinski definition) is 8. The van der Waals surface area contributed by atoms with Gasteiger partial charge in [-0.2, -0.15) is 0 Å². The third kappa shape index (κ3) is 26.7. The normalized spacial score (nSPS) is 10.8. The summed E-state index contributed by atoms with van der Waals surface area (Å²) in [6, 6.07) is 1.96. The van der Waals surface area contributed by atoms with E-state index in [1.165, 1.54) is 0 Å². The van der Waals surface area contributed by atoms with Gasteiger partial charge in [0, 0.05) is 56.9 Å². The molecule has 0 bridgehead atoms. The minimum Gasteiger partial charge on any atom is -0.400 e. The van der Waals surface area contributed by atoms with Gasteiger partial charge in [-0.25, -0.2) is 0 Å². The Labute approximate surface area is 212 Å². The summed E-state index contributed by atoms with van der Waals surface area (Å²) in [5.41, 5.74) is 1.74. The van der Waals surface area contributed by atoms with Crippen LogP contribution in [0.3, 0.4) is 0 Å². The minimum atomic E-state index is -1.91. The maximum Gasteiger partial charge on any atom is 0.360 e. The second-order valence-corrected chi connectivity index (χ2v) is 19.1. The van der Waals surface area contributed by atoms with E-state index in [1.807, 2.05) is 26.9 Å². The number of rotatable bonds is 13. The highest BCUT2D eigenvalue weighted by Gasteiger charge is 2.33. The van der Waals surface area contributed by atoms with Gasteiger partial charge in [0.1, 0.15) is 0 Å². The average Bonchev–Trinajstić information content (AvgIpc) is 2.84.